The van der Waals surface area contributed by atoms with E-state index in [2.05, 4.69) is 34.7 Å². The Labute approximate surface area is 190 Å². The lowest BCUT2D eigenvalue weighted by molar-refractivity contribution is -0.117. The zero-order valence-corrected chi connectivity index (χ0v) is 18.9. The summed E-state index contributed by atoms with van der Waals surface area (Å²) in [6, 6.07) is 14.7. The van der Waals surface area contributed by atoms with Crippen LogP contribution >= 0.6 is 22.9 Å². The lowest BCUT2D eigenvalue weighted by Crippen LogP contribution is -2.20. The molecule has 0 saturated heterocycles. The Bertz CT molecular complexity index is 1080. The van der Waals surface area contributed by atoms with E-state index in [1.165, 1.54) is 16.9 Å². The fourth-order valence-electron chi connectivity index (χ4n) is 3.67. The van der Waals surface area contributed by atoms with Gasteiger partial charge in [0.15, 0.2) is 5.13 Å². The van der Waals surface area contributed by atoms with Crippen molar-refractivity contribution in [2.75, 3.05) is 10.6 Å². The zero-order chi connectivity index (χ0) is 21.8. The third kappa shape index (κ3) is 5.14. The number of benzene rings is 2. The smallest absolute Gasteiger partial charge is 0.257 e. The largest absolute Gasteiger partial charge is 0.326 e. The molecule has 1 aromatic heterocycles. The van der Waals surface area contributed by atoms with Crippen molar-refractivity contribution in [2.24, 2.45) is 0 Å². The molecule has 0 spiro atoms. The van der Waals surface area contributed by atoms with Gasteiger partial charge < -0.3 is 5.32 Å². The number of nitrogens with one attached hydrogen (secondary N) is 2. The summed E-state index contributed by atoms with van der Waals surface area (Å²) in [5.74, 6) is -0.596. The minimum Gasteiger partial charge on any atom is -0.326 e. The predicted molar refractivity (Wildman–Crippen MR) is 126 cm³/mol. The summed E-state index contributed by atoms with van der Waals surface area (Å²) < 4.78 is 0. The second-order valence-corrected chi connectivity index (χ2v) is 9.19. The Kier molecular flexibility index (Phi) is 6.68. The Morgan fingerprint density at radius 1 is 1.10 bits per heavy atom. The summed E-state index contributed by atoms with van der Waals surface area (Å²) in [5, 5.41) is 6.94. The van der Waals surface area contributed by atoms with Crippen LogP contribution in [0.1, 0.15) is 58.6 Å². The van der Waals surface area contributed by atoms with E-state index >= 15 is 0 Å². The molecule has 31 heavy (non-hydrogen) atoms. The number of halogens is 1. The van der Waals surface area contributed by atoms with Crippen molar-refractivity contribution in [3.05, 3.63) is 75.3 Å². The number of nitrogens with zero attached hydrogens (tertiary/aromatic N) is 1. The van der Waals surface area contributed by atoms with E-state index in [4.69, 9.17) is 11.6 Å². The number of unbranched alkanes of at least 4 members (excludes halogenated alkanes) is 1. The van der Waals surface area contributed by atoms with Crippen molar-refractivity contribution >= 4 is 45.6 Å². The Hall–Kier alpha value is -2.70. The van der Waals surface area contributed by atoms with Gasteiger partial charge in [-0.2, -0.15) is 0 Å². The summed E-state index contributed by atoms with van der Waals surface area (Å²) in [6.45, 7) is 2.18. The minimum absolute atomic E-state index is 0.0547. The van der Waals surface area contributed by atoms with Gasteiger partial charge in [-0.15, -0.1) is 11.3 Å². The zero-order valence-electron chi connectivity index (χ0n) is 17.3. The average molecular weight is 454 g/mol. The normalized spacial score (nSPS) is 14.8. The molecule has 2 amide bonds. The number of thiazole rings is 1. The third-order valence-electron chi connectivity index (χ3n) is 5.40. The first kappa shape index (κ1) is 21.5. The van der Waals surface area contributed by atoms with E-state index in [-0.39, 0.29) is 17.7 Å². The topological polar surface area (TPSA) is 71.1 Å². The highest BCUT2D eigenvalue weighted by Crippen LogP contribution is 2.39. The lowest BCUT2D eigenvalue weighted by Gasteiger charge is -2.11. The van der Waals surface area contributed by atoms with Crippen molar-refractivity contribution in [1.82, 2.24) is 4.98 Å². The van der Waals surface area contributed by atoms with Gasteiger partial charge in [-0.25, -0.2) is 4.98 Å². The molecule has 1 atom stereocenters. The molecule has 7 heteroatoms. The van der Waals surface area contributed by atoms with Gasteiger partial charge in [0.1, 0.15) is 0 Å². The molecule has 0 aliphatic heterocycles. The number of carbonyl (C=O) groups excluding carboxylic acids is 2. The SMILES string of the molecule is CCCCc1ccc(NC(=O)C2CCc3sc(NC(=O)c4ccc(Cl)cc4)nc32)cc1. The van der Waals surface area contributed by atoms with Crippen LogP contribution in [0.25, 0.3) is 0 Å². The quantitative estimate of drug-likeness (QED) is 0.456. The third-order valence-corrected chi connectivity index (χ3v) is 6.70. The van der Waals surface area contributed by atoms with E-state index < -0.39 is 0 Å². The molecule has 2 N–H and O–H groups in total. The summed E-state index contributed by atoms with van der Waals surface area (Å²) in [5.41, 5.74) is 3.36. The van der Waals surface area contributed by atoms with Gasteiger partial charge in [0.25, 0.3) is 5.91 Å². The first-order valence-electron chi connectivity index (χ1n) is 10.5. The van der Waals surface area contributed by atoms with E-state index in [1.807, 2.05) is 12.1 Å². The molecule has 4 rings (SSSR count). The molecule has 5 nitrogen and oxygen atoms in total. The molecule has 0 fully saturated rings. The molecule has 1 unspecified atom stereocenters. The van der Waals surface area contributed by atoms with Crippen molar-refractivity contribution in [1.29, 1.82) is 0 Å². The number of aromatic nitrogens is 1. The number of fused-ring (bicyclic) bond motifs is 1. The highest BCUT2D eigenvalue weighted by atomic mass is 35.5. The van der Waals surface area contributed by atoms with Gasteiger partial charge in [-0.1, -0.05) is 37.1 Å². The summed E-state index contributed by atoms with van der Waals surface area (Å²) in [6.07, 6.45) is 4.91. The average Bonchev–Trinajstić information content (AvgIpc) is 3.33. The van der Waals surface area contributed by atoms with Crippen molar-refractivity contribution in [3.63, 3.8) is 0 Å². The number of carbonyl (C=O) groups is 2. The molecular weight excluding hydrogens is 430 g/mol. The Morgan fingerprint density at radius 3 is 2.55 bits per heavy atom. The Morgan fingerprint density at radius 2 is 1.84 bits per heavy atom. The number of aryl methyl sites for hydroxylation is 2. The van der Waals surface area contributed by atoms with Crippen molar-refractivity contribution in [2.45, 2.75) is 44.9 Å². The van der Waals surface area contributed by atoms with Gasteiger partial charge in [0.2, 0.25) is 5.91 Å². The van der Waals surface area contributed by atoms with Crippen molar-refractivity contribution < 1.29 is 9.59 Å². The fourth-order valence-corrected chi connectivity index (χ4v) is 4.83. The van der Waals surface area contributed by atoms with Gasteiger partial charge in [0.05, 0.1) is 11.6 Å². The minimum atomic E-state index is -0.299. The molecule has 0 saturated carbocycles. The second kappa shape index (κ2) is 9.62. The molecule has 3 aromatic rings. The molecular formula is C24H24ClN3O2S. The number of hydrogen-bond donors (Lipinski definition) is 2. The van der Waals surface area contributed by atoms with Gasteiger partial charge in [-0.3, -0.25) is 14.9 Å². The standard InChI is InChI=1S/C24H24ClN3O2S/c1-2-3-4-15-5-11-18(12-6-15)26-23(30)19-13-14-20-21(19)27-24(31-20)28-22(29)16-7-9-17(25)10-8-16/h5-12,19H,2-4,13-14H2,1H3,(H,26,30)(H,27,28,29). The fraction of sp³-hybridized carbons (Fsp3) is 0.292. The summed E-state index contributed by atoms with van der Waals surface area (Å²) in [7, 11) is 0. The molecule has 1 aliphatic carbocycles. The maximum Gasteiger partial charge on any atom is 0.257 e. The molecule has 0 bridgehead atoms. The number of hydrogen-bond acceptors (Lipinski definition) is 4. The first-order chi connectivity index (χ1) is 15.0. The monoisotopic (exact) mass is 453 g/mol. The van der Waals surface area contributed by atoms with Crippen LogP contribution in [0.4, 0.5) is 10.8 Å². The van der Waals surface area contributed by atoms with Crippen LogP contribution in [0, 0.1) is 0 Å². The highest BCUT2D eigenvalue weighted by Gasteiger charge is 2.33. The van der Waals surface area contributed by atoms with Gasteiger partial charge in [0, 0.05) is 21.2 Å². The van der Waals surface area contributed by atoms with Crippen LogP contribution < -0.4 is 10.6 Å². The molecule has 1 aliphatic rings. The van der Waals surface area contributed by atoms with Crippen LogP contribution in [-0.2, 0) is 17.6 Å². The van der Waals surface area contributed by atoms with E-state index in [0.29, 0.717) is 15.7 Å². The van der Waals surface area contributed by atoms with E-state index in [0.717, 1.165) is 48.4 Å². The van der Waals surface area contributed by atoms with Crippen LogP contribution in [0.15, 0.2) is 48.5 Å². The maximum atomic E-state index is 12.9. The predicted octanol–water partition coefficient (Wildman–Crippen LogP) is 6.06. The lowest BCUT2D eigenvalue weighted by atomic mass is 10.1. The van der Waals surface area contributed by atoms with Crippen LogP contribution in [-0.4, -0.2) is 16.8 Å². The second-order valence-electron chi connectivity index (χ2n) is 7.67. The number of rotatable bonds is 7. The Balaban J connectivity index is 1.40. The molecule has 2 aromatic carbocycles. The summed E-state index contributed by atoms with van der Waals surface area (Å²) >= 11 is 7.31. The van der Waals surface area contributed by atoms with Gasteiger partial charge >= 0.3 is 0 Å². The van der Waals surface area contributed by atoms with Crippen LogP contribution in [0.3, 0.4) is 0 Å². The van der Waals surface area contributed by atoms with Crippen LogP contribution in [0.5, 0.6) is 0 Å². The summed E-state index contributed by atoms with van der Waals surface area (Å²) in [4.78, 5) is 30.9. The molecule has 1 heterocycles. The van der Waals surface area contributed by atoms with Gasteiger partial charge in [-0.05, 0) is 67.6 Å². The maximum absolute atomic E-state index is 12.9. The highest BCUT2D eigenvalue weighted by molar-refractivity contribution is 7.16. The van der Waals surface area contributed by atoms with E-state index in [9.17, 15) is 9.59 Å². The number of amides is 2. The van der Waals surface area contributed by atoms with Crippen molar-refractivity contribution in [3.8, 4) is 0 Å². The molecule has 0 radical (unpaired) electrons. The van der Waals surface area contributed by atoms with E-state index in [1.54, 1.807) is 24.3 Å². The molecule has 160 valence electrons. The number of anilines is 2. The van der Waals surface area contributed by atoms with Crippen LogP contribution in [0.2, 0.25) is 5.02 Å². The first-order valence-corrected chi connectivity index (χ1v) is 11.7.